The van der Waals surface area contributed by atoms with Gasteiger partial charge >= 0.3 is 6.09 Å². The third kappa shape index (κ3) is 3.43. The van der Waals surface area contributed by atoms with Gasteiger partial charge in [-0.3, -0.25) is 4.90 Å². The molecule has 4 nitrogen and oxygen atoms in total. The van der Waals surface area contributed by atoms with E-state index in [9.17, 15) is 18.7 Å². The lowest BCUT2D eigenvalue weighted by Crippen LogP contribution is -2.45. The fraction of sp³-hybridized carbons (Fsp3) is 0.533. The number of alkyl halides is 1. The number of rotatable bonds is 4. The van der Waals surface area contributed by atoms with E-state index in [1.54, 1.807) is 20.8 Å². The number of carbonyl (C=O) groups is 1. The van der Waals surface area contributed by atoms with Crippen molar-refractivity contribution in [2.24, 2.45) is 0 Å². The van der Waals surface area contributed by atoms with E-state index in [2.05, 4.69) is 0 Å². The lowest BCUT2D eigenvalue weighted by molar-refractivity contribution is 0.177. The van der Waals surface area contributed by atoms with Gasteiger partial charge in [0.2, 0.25) is 0 Å². The summed E-state index contributed by atoms with van der Waals surface area (Å²) in [4.78, 5) is 12.3. The van der Waals surface area contributed by atoms with Crippen molar-refractivity contribution in [3.8, 4) is 5.75 Å². The highest BCUT2D eigenvalue weighted by atomic mass is 35.5. The first-order valence-electron chi connectivity index (χ1n) is 6.88. The van der Waals surface area contributed by atoms with E-state index in [1.165, 1.54) is 12.1 Å². The SMILES string of the molecule is CC(C)(C)N(C(=O)O)c1ccc(OCC2(F)CC2)c(Cl)c1F. The molecule has 0 radical (unpaired) electrons. The average molecular weight is 334 g/mol. The van der Waals surface area contributed by atoms with Crippen molar-refractivity contribution >= 4 is 23.4 Å². The molecule has 1 aromatic rings. The van der Waals surface area contributed by atoms with Crippen molar-refractivity contribution in [1.29, 1.82) is 0 Å². The molecule has 0 spiro atoms. The predicted molar refractivity (Wildman–Crippen MR) is 80.2 cm³/mol. The lowest BCUT2D eigenvalue weighted by atomic mass is 10.1. The molecule has 122 valence electrons. The Labute approximate surface area is 132 Å². The van der Waals surface area contributed by atoms with E-state index in [-0.39, 0.29) is 23.1 Å². The number of ether oxygens (including phenoxy) is 1. The highest BCUT2D eigenvalue weighted by Gasteiger charge is 2.44. The standard InChI is InChI=1S/C15H18ClF2NO3/c1-14(2,3)19(13(20)21)9-4-5-10(11(16)12(9)17)22-8-15(18)6-7-15/h4-5H,6-8H2,1-3H3,(H,20,21). The van der Waals surface area contributed by atoms with Gasteiger partial charge in [0, 0.05) is 5.54 Å². The molecule has 0 aliphatic heterocycles. The molecule has 1 aliphatic rings. The van der Waals surface area contributed by atoms with Crippen LogP contribution in [0.25, 0.3) is 0 Å². The van der Waals surface area contributed by atoms with Crippen molar-refractivity contribution in [2.75, 3.05) is 11.5 Å². The first kappa shape index (κ1) is 16.8. The van der Waals surface area contributed by atoms with Gasteiger partial charge in [-0.25, -0.2) is 13.6 Å². The average Bonchev–Trinajstić information content (AvgIpc) is 3.10. The van der Waals surface area contributed by atoms with E-state index in [1.807, 2.05) is 0 Å². The molecule has 1 aromatic carbocycles. The van der Waals surface area contributed by atoms with E-state index >= 15 is 0 Å². The topological polar surface area (TPSA) is 49.8 Å². The Morgan fingerprint density at radius 3 is 2.50 bits per heavy atom. The second kappa shape index (κ2) is 5.57. The molecule has 0 atom stereocenters. The fourth-order valence-corrected chi connectivity index (χ4v) is 2.26. The summed E-state index contributed by atoms with van der Waals surface area (Å²) in [5.41, 5.74) is -2.37. The molecular weight excluding hydrogens is 316 g/mol. The summed E-state index contributed by atoms with van der Waals surface area (Å²) in [6, 6.07) is 2.63. The van der Waals surface area contributed by atoms with Crippen molar-refractivity contribution in [3.63, 3.8) is 0 Å². The van der Waals surface area contributed by atoms with Crippen molar-refractivity contribution in [3.05, 3.63) is 23.0 Å². The second-order valence-electron chi connectivity index (χ2n) is 6.44. The third-order valence-corrected chi connectivity index (χ3v) is 3.76. The summed E-state index contributed by atoms with van der Waals surface area (Å²) in [5, 5.41) is 8.95. The Morgan fingerprint density at radius 2 is 2.05 bits per heavy atom. The van der Waals surface area contributed by atoms with Crippen LogP contribution in [0.15, 0.2) is 12.1 Å². The van der Waals surface area contributed by atoms with Gasteiger partial charge in [-0.2, -0.15) is 0 Å². The van der Waals surface area contributed by atoms with Crippen LogP contribution >= 0.6 is 11.6 Å². The number of anilines is 1. The van der Waals surface area contributed by atoms with Gasteiger partial charge in [-0.15, -0.1) is 0 Å². The zero-order valence-electron chi connectivity index (χ0n) is 12.6. The first-order valence-corrected chi connectivity index (χ1v) is 7.26. The maximum atomic E-state index is 14.4. The molecule has 1 N–H and O–H groups in total. The Bertz CT molecular complexity index is 597. The third-order valence-electron chi connectivity index (χ3n) is 3.41. The lowest BCUT2D eigenvalue weighted by Gasteiger charge is -2.33. The Balaban J connectivity index is 2.30. The quantitative estimate of drug-likeness (QED) is 0.873. The summed E-state index contributed by atoms with van der Waals surface area (Å²) < 4.78 is 33.2. The molecule has 2 rings (SSSR count). The minimum atomic E-state index is -1.35. The number of nitrogens with zero attached hydrogens (tertiary/aromatic N) is 1. The summed E-state index contributed by atoms with van der Waals surface area (Å²) in [6.07, 6.45) is -0.457. The van der Waals surface area contributed by atoms with Gasteiger partial charge in [0.1, 0.15) is 23.0 Å². The Hall–Kier alpha value is -1.56. The maximum absolute atomic E-state index is 14.4. The smallest absolute Gasteiger partial charge is 0.412 e. The van der Waals surface area contributed by atoms with Gasteiger partial charge in [-0.1, -0.05) is 11.6 Å². The van der Waals surface area contributed by atoms with Crippen LogP contribution in [-0.2, 0) is 0 Å². The van der Waals surface area contributed by atoms with Crippen LogP contribution in [0.1, 0.15) is 33.6 Å². The van der Waals surface area contributed by atoms with Crippen LogP contribution in [0.5, 0.6) is 5.75 Å². The summed E-state index contributed by atoms with van der Waals surface area (Å²) in [5.74, 6) is -0.897. The molecule has 7 heteroatoms. The van der Waals surface area contributed by atoms with E-state index in [0.717, 1.165) is 4.90 Å². The van der Waals surface area contributed by atoms with E-state index in [0.29, 0.717) is 12.8 Å². The van der Waals surface area contributed by atoms with E-state index < -0.39 is 23.1 Å². The highest BCUT2D eigenvalue weighted by Crippen LogP contribution is 2.42. The molecule has 1 amide bonds. The van der Waals surface area contributed by atoms with Crippen molar-refractivity contribution in [1.82, 2.24) is 0 Å². The van der Waals surface area contributed by atoms with Crippen LogP contribution < -0.4 is 9.64 Å². The summed E-state index contributed by atoms with van der Waals surface area (Å²) >= 11 is 5.90. The highest BCUT2D eigenvalue weighted by molar-refractivity contribution is 6.32. The van der Waals surface area contributed by atoms with Crippen LogP contribution in [0.2, 0.25) is 5.02 Å². The monoisotopic (exact) mass is 333 g/mol. The van der Waals surface area contributed by atoms with Crippen LogP contribution in [-0.4, -0.2) is 29.0 Å². The predicted octanol–water partition coefficient (Wildman–Crippen LogP) is 4.64. The van der Waals surface area contributed by atoms with Crippen LogP contribution in [0.3, 0.4) is 0 Å². The van der Waals surface area contributed by atoms with Gasteiger partial charge in [0.25, 0.3) is 0 Å². The number of hydrogen-bond acceptors (Lipinski definition) is 2. The molecule has 0 heterocycles. The van der Waals surface area contributed by atoms with Crippen molar-refractivity contribution < 1.29 is 23.4 Å². The summed E-state index contributed by atoms with van der Waals surface area (Å²) in [7, 11) is 0. The largest absolute Gasteiger partial charge is 0.489 e. The van der Waals surface area contributed by atoms with Crippen LogP contribution in [0.4, 0.5) is 19.3 Å². The first-order chi connectivity index (χ1) is 10.1. The molecule has 0 aromatic heterocycles. The van der Waals surface area contributed by atoms with Crippen molar-refractivity contribution in [2.45, 2.75) is 44.8 Å². The molecule has 22 heavy (non-hydrogen) atoms. The number of hydrogen-bond donors (Lipinski definition) is 1. The fourth-order valence-electron chi connectivity index (χ4n) is 2.04. The minimum absolute atomic E-state index is 0.00564. The zero-order valence-corrected chi connectivity index (χ0v) is 13.4. The molecule has 1 aliphatic carbocycles. The maximum Gasteiger partial charge on any atom is 0.412 e. The number of amides is 1. The Morgan fingerprint density at radius 1 is 1.45 bits per heavy atom. The molecule has 1 saturated carbocycles. The minimum Gasteiger partial charge on any atom is -0.489 e. The molecule has 0 bridgehead atoms. The Kier molecular flexibility index (Phi) is 4.26. The van der Waals surface area contributed by atoms with Crippen LogP contribution in [0, 0.1) is 5.82 Å². The summed E-state index contributed by atoms with van der Waals surface area (Å²) in [6.45, 7) is 4.73. The zero-order chi connectivity index (χ0) is 16.7. The second-order valence-corrected chi connectivity index (χ2v) is 6.82. The van der Waals surface area contributed by atoms with Gasteiger partial charge < -0.3 is 9.84 Å². The van der Waals surface area contributed by atoms with Gasteiger partial charge in [0.05, 0.1) is 5.69 Å². The normalized spacial score (nSPS) is 16.3. The number of benzene rings is 1. The molecular formula is C15H18ClF2NO3. The van der Waals surface area contributed by atoms with Gasteiger partial charge in [-0.05, 0) is 45.7 Å². The number of halogens is 3. The molecule has 0 unspecified atom stereocenters. The molecule has 1 fully saturated rings. The molecule has 0 saturated heterocycles. The van der Waals surface area contributed by atoms with Gasteiger partial charge in [0.15, 0.2) is 5.82 Å². The van der Waals surface area contributed by atoms with E-state index in [4.69, 9.17) is 16.3 Å². The number of carboxylic acid groups (broad SMARTS) is 1.